The molecule has 1 amide bonds. The van der Waals surface area contributed by atoms with Gasteiger partial charge in [0.05, 0.1) is 28.7 Å². The van der Waals surface area contributed by atoms with E-state index in [-0.39, 0.29) is 0 Å². The van der Waals surface area contributed by atoms with Gasteiger partial charge in [-0.15, -0.1) is 0 Å². The first-order valence-electron chi connectivity index (χ1n) is 5.20. The van der Waals surface area contributed by atoms with Crippen molar-refractivity contribution < 1.29 is 24.5 Å². The van der Waals surface area contributed by atoms with Gasteiger partial charge in [-0.3, -0.25) is 29.8 Å². The van der Waals surface area contributed by atoms with E-state index in [0.29, 0.717) is 17.0 Å². The summed E-state index contributed by atoms with van der Waals surface area (Å²) in [5, 5.41) is 30.3. The highest BCUT2D eigenvalue weighted by Gasteiger charge is 2.29. The molecule has 0 bridgehead atoms. The Morgan fingerprint density at radius 2 is 1.67 bits per heavy atom. The van der Waals surface area contributed by atoms with Crippen LogP contribution in [0.5, 0.6) is 0 Å². The van der Waals surface area contributed by atoms with Crippen LogP contribution in [0.3, 0.4) is 0 Å². The van der Waals surface area contributed by atoms with E-state index in [1.807, 2.05) is 0 Å². The van der Waals surface area contributed by atoms with E-state index in [2.05, 4.69) is 0 Å². The van der Waals surface area contributed by atoms with Crippen molar-refractivity contribution in [2.45, 2.75) is 12.5 Å². The second-order valence-electron chi connectivity index (χ2n) is 3.84. The minimum absolute atomic E-state index is 0.511. The van der Waals surface area contributed by atoms with Crippen LogP contribution in [-0.2, 0) is 9.59 Å². The number of carboxylic acid groups (broad SMARTS) is 1. The average Bonchev–Trinajstić information content (AvgIpc) is 2.35. The Labute approximate surface area is 114 Å². The maximum Gasteiger partial charge on any atom is 0.339 e. The molecule has 112 valence electrons. The summed E-state index contributed by atoms with van der Waals surface area (Å²) in [6.45, 7) is 0. The lowest BCUT2D eigenvalue weighted by atomic mass is 10.2. The minimum Gasteiger partial charge on any atom is -0.480 e. The van der Waals surface area contributed by atoms with Gasteiger partial charge >= 0.3 is 22.8 Å². The number of amides is 1. The van der Waals surface area contributed by atoms with Crippen LogP contribution in [0.1, 0.15) is 12.5 Å². The maximum absolute atomic E-state index is 11.5. The van der Waals surface area contributed by atoms with E-state index in [1.165, 1.54) is 0 Å². The molecular weight excluding hydrogens is 292 g/mol. The Morgan fingerprint density at radius 3 is 1.95 bits per heavy atom. The monoisotopic (exact) mass is 300 g/mol. The number of nitro groups is 2. The molecule has 12 heteroatoms. The molecule has 1 aromatic heterocycles. The molecule has 1 atom stereocenters. The molecule has 0 aliphatic heterocycles. The summed E-state index contributed by atoms with van der Waals surface area (Å²) in [7, 11) is 0. The van der Waals surface area contributed by atoms with Gasteiger partial charge < -0.3 is 15.4 Å². The van der Waals surface area contributed by atoms with Crippen molar-refractivity contribution in [3.63, 3.8) is 0 Å². The molecule has 0 spiro atoms. The van der Waals surface area contributed by atoms with Gasteiger partial charge in [-0.1, -0.05) is 0 Å². The number of nitrogens with zero attached hydrogens (tertiary/aromatic N) is 3. The summed E-state index contributed by atoms with van der Waals surface area (Å²) in [5.74, 6) is -2.63. The molecule has 3 N–H and O–H groups in total. The van der Waals surface area contributed by atoms with Crippen molar-refractivity contribution in [1.29, 1.82) is 0 Å². The van der Waals surface area contributed by atoms with Gasteiger partial charge in [-0.2, -0.15) is 0 Å². The fourth-order valence-corrected chi connectivity index (χ4v) is 1.52. The fraction of sp³-hybridized carbons (Fsp3) is 0.222. The summed E-state index contributed by atoms with van der Waals surface area (Å²) < 4.78 is 0.532. The van der Waals surface area contributed by atoms with E-state index >= 15 is 0 Å². The number of rotatable bonds is 6. The number of nitrogens with two attached hydrogens (primary N) is 1. The highest BCUT2D eigenvalue weighted by molar-refractivity contribution is 5.82. The first-order chi connectivity index (χ1) is 9.65. The van der Waals surface area contributed by atoms with E-state index in [1.54, 1.807) is 0 Å². The van der Waals surface area contributed by atoms with Gasteiger partial charge in [-0.05, 0) is 0 Å². The van der Waals surface area contributed by atoms with Crippen LogP contribution in [0.15, 0.2) is 17.2 Å². The van der Waals surface area contributed by atoms with Gasteiger partial charge in [0.25, 0.3) is 0 Å². The average molecular weight is 300 g/mol. The van der Waals surface area contributed by atoms with Crippen LogP contribution in [0.4, 0.5) is 11.4 Å². The summed E-state index contributed by atoms with van der Waals surface area (Å²) in [4.78, 5) is 52.3. The van der Waals surface area contributed by atoms with Gasteiger partial charge in [0.2, 0.25) is 5.91 Å². The lowest BCUT2D eigenvalue weighted by molar-refractivity contribution is -0.397. The Balaban J connectivity index is 3.58. The molecule has 0 aromatic carbocycles. The van der Waals surface area contributed by atoms with Crippen molar-refractivity contribution in [2.24, 2.45) is 5.73 Å². The number of aliphatic carboxylic acids is 1. The second-order valence-corrected chi connectivity index (χ2v) is 3.84. The number of carboxylic acids is 1. The topological polar surface area (TPSA) is 189 Å². The van der Waals surface area contributed by atoms with E-state index in [4.69, 9.17) is 10.8 Å². The zero-order valence-corrected chi connectivity index (χ0v) is 10.2. The number of hydrogen-bond donors (Lipinski definition) is 2. The Morgan fingerprint density at radius 1 is 1.24 bits per heavy atom. The van der Waals surface area contributed by atoms with Crippen LogP contribution >= 0.6 is 0 Å². The lowest BCUT2D eigenvalue weighted by Crippen LogP contribution is -2.27. The Kier molecular flexibility index (Phi) is 4.32. The SMILES string of the molecule is NC(=O)C[C@H](C(=O)O)n1cc([N+](=O)[O-])c(=O)c([N+](=O)[O-])c1. The predicted molar refractivity (Wildman–Crippen MR) is 64.5 cm³/mol. The number of carbonyl (C=O) groups excluding carboxylic acids is 1. The Bertz CT molecular complexity index is 655. The molecule has 12 nitrogen and oxygen atoms in total. The third kappa shape index (κ3) is 3.37. The van der Waals surface area contributed by atoms with Crippen molar-refractivity contribution in [1.82, 2.24) is 4.57 Å². The summed E-state index contributed by atoms with van der Waals surface area (Å²) in [6.07, 6.45) is 0.265. The highest BCUT2D eigenvalue weighted by Crippen LogP contribution is 2.18. The third-order valence-electron chi connectivity index (χ3n) is 2.44. The predicted octanol–water partition coefficient (Wildman–Crippen LogP) is -0.834. The molecule has 0 unspecified atom stereocenters. The van der Waals surface area contributed by atoms with Gasteiger partial charge in [-0.25, -0.2) is 4.79 Å². The standard InChI is InChI=1S/C9H8N4O8/c10-7(14)1-4(9(16)17)11-2-5(12(18)19)8(15)6(3-11)13(20)21/h2-4H,1H2,(H2,10,14)(H,16,17)/t4-/m1/s1. The summed E-state index contributed by atoms with van der Waals surface area (Å²) in [5.41, 5.74) is 1.02. The maximum atomic E-state index is 11.5. The molecule has 0 saturated heterocycles. The molecule has 1 rings (SSSR count). The smallest absolute Gasteiger partial charge is 0.339 e. The number of pyridine rings is 1. The van der Waals surface area contributed by atoms with E-state index in [0.717, 1.165) is 0 Å². The molecule has 1 aromatic rings. The first kappa shape index (κ1) is 15.7. The number of carbonyl (C=O) groups is 2. The molecule has 0 aliphatic carbocycles. The zero-order valence-electron chi connectivity index (χ0n) is 10.2. The summed E-state index contributed by atoms with van der Waals surface area (Å²) >= 11 is 0. The number of aromatic nitrogens is 1. The molecular formula is C9H8N4O8. The van der Waals surface area contributed by atoms with Crippen LogP contribution in [0, 0.1) is 20.2 Å². The molecule has 0 aliphatic rings. The Hall–Kier alpha value is -3.31. The second kappa shape index (κ2) is 5.77. The molecule has 0 saturated carbocycles. The quantitative estimate of drug-likeness (QED) is 0.502. The highest BCUT2D eigenvalue weighted by atomic mass is 16.6. The third-order valence-corrected chi connectivity index (χ3v) is 2.44. The van der Waals surface area contributed by atoms with Gasteiger partial charge in [0, 0.05) is 0 Å². The molecule has 0 radical (unpaired) electrons. The minimum atomic E-state index is -1.71. The van der Waals surface area contributed by atoms with E-state index < -0.39 is 51.0 Å². The largest absolute Gasteiger partial charge is 0.480 e. The molecule has 0 fully saturated rings. The van der Waals surface area contributed by atoms with Gasteiger partial charge in [0.15, 0.2) is 0 Å². The normalized spacial score (nSPS) is 11.6. The van der Waals surface area contributed by atoms with Crippen LogP contribution < -0.4 is 11.2 Å². The van der Waals surface area contributed by atoms with E-state index in [9.17, 15) is 34.6 Å². The van der Waals surface area contributed by atoms with Crippen molar-refractivity contribution in [2.75, 3.05) is 0 Å². The number of hydrogen-bond acceptors (Lipinski definition) is 7. The number of primary amides is 1. The fourth-order valence-electron chi connectivity index (χ4n) is 1.52. The summed E-state index contributed by atoms with van der Waals surface area (Å²) in [6, 6.07) is -1.71. The lowest BCUT2D eigenvalue weighted by Gasteiger charge is -2.14. The van der Waals surface area contributed by atoms with Crippen molar-refractivity contribution >= 4 is 23.3 Å². The molecule has 1 heterocycles. The zero-order chi connectivity index (χ0) is 16.3. The van der Waals surface area contributed by atoms with Gasteiger partial charge in [0.1, 0.15) is 6.04 Å². The van der Waals surface area contributed by atoms with Crippen molar-refractivity contribution in [3.8, 4) is 0 Å². The molecule has 21 heavy (non-hydrogen) atoms. The van der Waals surface area contributed by atoms with Crippen LogP contribution in [0.2, 0.25) is 0 Å². The van der Waals surface area contributed by atoms with Crippen LogP contribution in [-0.4, -0.2) is 31.4 Å². The van der Waals surface area contributed by atoms with Crippen LogP contribution in [0.25, 0.3) is 0 Å². The first-order valence-corrected chi connectivity index (χ1v) is 5.20. The van der Waals surface area contributed by atoms with Crippen molar-refractivity contribution in [3.05, 3.63) is 42.8 Å².